The van der Waals surface area contributed by atoms with Gasteiger partial charge in [-0.1, -0.05) is 23.4 Å². The van der Waals surface area contributed by atoms with E-state index in [2.05, 4.69) is 25.6 Å². The van der Waals surface area contributed by atoms with Crippen LogP contribution in [-0.4, -0.2) is 44.7 Å². The summed E-state index contributed by atoms with van der Waals surface area (Å²) >= 11 is 0. The fourth-order valence-electron chi connectivity index (χ4n) is 3.70. The van der Waals surface area contributed by atoms with Crippen molar-refractivity contribution in [2.45, 2.75) is 19.4 Å². The van der Waals surface area contributed by atoms with Gasteiger partial charge >= 0.3 is 0 Å². The highest BCUT2D eigenvalue weighted by molar-refractivity contribution is 5.99. The van der Waals surface area contributed by atoms with Gasteiger partial charge in [0.2, 0.25) is 0 Å². The summed E-state index contributed by atoms with van der Waals surface area (Å²) < 4.78 is 20.7. The van der Waals surface area contributed by atoms with Gasteiger partial charge in [-0.2, -0.15) is 0 Å². The van der Waals surface area contributed by atoms with Crippen molar-refractivity contribution in [3.8, 4) is 5.69 Å². The molecule has 7 nitrogen and oxygen atoms in total. The van der Waals surface area contributed by atoms with Gasteiger partial charge in [0.15, 0.2) is 5.58 Å². The first kappa shape index (κ1) is 18.5. The van der Waals surface area contributed by atoms with E-state index in [1.807, 2.05) is 48.0 Å². The summed E-state index contributed by atoms with van der Waals surface area (Å²) in [5.74, 6) is 0.590. The van der Waals surface area contributed by atoms with E-state index in [4.69, 9.17) is 4.52 Å². The van der Waals surface area contributed by atoms with Crippen LogP contribution < -0.4 is 5.43 Å². The molecule has 3 aromatic rings. The lowest BCUT2D eigenvalue weighted by Crippen LogP contribution is -2.51. The van der Waals surface area contributed by atoms with Crippen LogP contribution in [0.3, 0.4) is 0 Å². The Morgan fingerprint density at radius 1 is 1.30 bits per heavy atom. The molecule has 0 spiro atoms. The molecular formula is C22H21FN6O. The average Bonchev–Trinajstić information content (AvgIpc) is 3.42. The summed E-state index contributed by atoms with van der Waals surface area (Å²) in [6, 6.07) is 4.13. The molecule has 1 N–H and O–H groups in total. The number of allylic oxidation sites excluding steroid dienone is 2. The number of imidazole rings is 1. The van der Waals surface area contributed by atoms with Crippen LogP contribution >= 0.6 is 0 Å². The Balaban J connectivity index is 1.36. The Labute approximate surface area is 172 Å². The highest BCUT2D eigenvalue weighted by Gasteiger charge is 2.20. The molecule has 2 aromatic heterocycles. The van der Waals surface area contributed by atoms with Crippen LogP contribution in [0.2, 0.25) is 0 Å². The van der Waals surface area contributed by atoms with Gasteiger partial charge < -0.3 is 14.5 Å². The van der Waals surface area contributed by atoms with Crippen molar-refractivity contribution in [1.29, 1.82) is 0 Å². The first-order chi connectivity index (χ1) is 14.7. The molecule has 1 aliphatic carbocycles. The maximum atomic E-state index is 13.2. The van der Waals surface area contributed by atoms with E-state index < -0.39 is 0 Å². The molecule has 0 fully saturated rings. The third-order valence-electron chi connectivity index (χ3n) is 5.26. The lowest BCUT2D eigenvalue weighted by atomic mass is 10.1. The largest absolute Gasteiger partial charge is 0.354 e. The summed E-state index contributed by atoms with van der Waals surface area (Å²) in [4.78, 5) is 8.84. The van der Waals surface area contributed by atoms with Gasteiger partial charge in [0, 0.05) is 12.7 Å². The van der Waals surface area contributed by atoms with E-state index in [-0.39, 0.29) is 11.9 Å². The molecule has 1 aromatic carbocycles. The van der Waals surface area contributed by atoms with Crippen LogP contribution in [0.1, 0.15) is 17.7 Å². The third-order valence-corrected chi connectivity index (χ3v) is 5.26. The number of hydrogen-bond donors (Lipinski definition) is 1. The molecule has 0 saturated heterocycles. The first-order valence-corrected chi connectivity index (χ1v) is 9.85. The second kappa shape index (κ2) is 7.72. The molecule has 3 heterocycles. The number of nitrogens with one attached hydrogen (secondary N) is 1. The van der Waals surface area contributed by atoms with E-state index in [1.165, 1.54) is 6.08 Å². The molecule has 152 valence electrons. The SMILES string of the molecule is Cc1cn(-c2ccc(/C=C/C3=NCCN(C4C=CC(F)=CC4)N3)c3cnoc23)cn1. The third kappa shape index (κ3) is 3.57. The molecule has 5 rings (SSSR count). The topological polar surface area (TPSA) is 71.5 Å². The molecule has 0 saturated carbocycles. The summed E-state index contributed by atoms with van der Waals surface area (Å²) in [6.45, 7) is 3.41. The number of hydrogen-bond acceptors (Lipinski definition) is 6. The minimum absolute atomic E-state index is 0.117. The number of nitrogens with zero attached hydrogens (tertiary/aromatic N) is 5. The summed E-state index contributed by atoms with van der Waals surface area (Å²) in [7, 11) is 0. The van der Waals surface area contributed by atoms with Gasteiger partial charge in [-0.25, -0.2) is 14.4 Å². The van der Waals surface area contributed by atoms with E-state index in [1.54, 1.807) is 18.6 Å². The second-order valence-corrected chi connectivity index (χ2v) is 7.32. The number of aryl methyl sites for hydroxylation is 1. The Morgan fingerprint density at radius 3 is 3.03 bits per heavy atom. The van der Waals surface area contributed by atoms with Gasteiger partial charge in [-0.3, -0.25) is 4.99 Å². The van der Waals surface area contributed by atoms with Crippen LogP contribution in [-0.2, 0) is 0 Å². The molecule has 30 heavy (non-hydrogen) atoms. The van der Waals surface area contributed by atoms with E-state index in [9.17, 15) is 4.39 Å². The molecule has 8 heteroatoms. The van der Waals surface area contributed by atoms with E-state index in [0.29, 0.717) is 18.5 Å². The Bertz CT molecular complexity index is 1200. The van der Waals surface area contributed by atoms with Crippen molar-refractivity contribution in [3.05, 3.63) is 72.2 Å². The van der Waals surface area contributed by atoms with Crippen molar-refractivity contribution in [1.82, 2.24) is 25.1 Å². The van der Waals surface area contributed by atoms with Gasteiger partial charge in [0.25, 0.3) is 0 Å². The monoisotopic (exact) mass is 404 g/mol. The Kier molecular flexibility index (Phi) is 4.76. The number of amidine groups is 1. The molecule has 2 aliphatic rings. The van der Waals surface area contributed by atoms with Gasteiger partial charge in [0.05, 0.1) is 41.9 Å². The van der Waals surface area contributed by atoms with E-state index >= 15 is 0 Å². The standard InChI is InChI=1S/C22H21FN6O/c1-15-13-28(14-25-15)20-8-2-16(19-12-26-30-22(19)20)3-9-21-24-10-11-29(27-21)18-6-4-17(23)5-7-18/h2-6,8-9,12-14,18H,7,10-11H2,1H3,(H,24,27)/b9-3+. The van der Waals surface area contributed by atoms with Gasteiger partial charge in [-0.15, -0.1) is 0 Å². The number of halogens is 1. The Morgan fingerprint density at radius 2 is 2.23 bits per heavy atom. The summed E-state index contributed by atoms with van der Waals surface area (Å²) in [6.07, 6.45) is 15.0. The van der Waals surface area contributed by atoms with Crippen LogP contribution in [0.4, 0.5) is 4.39 Å². The molecule has 0 amide bonds. The maximum absolute atomic E-state index is 13.2. The maximum Gasteiger partial charge on any atom is 0.191 e. The fraction of sp³-hybridized carbons (Fsp3) is 0.227. The van der Waals surface area contributed by atoms with Crippen LogP contribution in [0.15, 0.2) is 70.5 Å². The van der Waals surface area contributed by atoms with E-state index in [0.717, 1.165) is 34.7 Å². The molecular weight excluding hydrogens is 383 g/mol. The zero-order valence-electron chi connectivity index (χ0n) is 16.5. The quantitative estimate of drug-likeness (QED) is 0.717. The zero-order chi connectivity index (χ0) is 20.5. The van der Waals surface area contributed by atoms with Crippen LogP contribution in [0.5, 0.6) is 0 Å². The van der Waals surface area contributed by atoms with Crippen molar-refractivity contribution >= 4 is 22.9 Å². The number of fused-ring (bicyclic) bond motifs is 1. The average molecular weight is 404 g/mol. The molecule has 0 radical (unpaired) electrons. The highest BCUT2D eigenvalue weighted by Crippen LogP contribution is 2.27. The van der Waals surface area contributed by atoms with Crippen molar-refractivity contribution in [3.63, 3.8) is 0 Å². The van der Waals surface area contributed by atoms with Crippen molar-refractivity contribution in [2.24, 2.45) is 4.99 Å². The second-order valence-electron chi connectivity index (χ2n) is 7.32. The number of benzene rings is 1. The number of rotatable bonds is 4. The minimum Gasteiger partial charge on any atom is -0.354 e. The predicted octanol–water partition coefficient (Wildman–Crippen LogP) is 3.74. The molecule has 1 aliphatic heterocycles. The number of aromatic nitrogens is 3. The fourth-order valence-corrected chi connectivity index (χ4v) is 3.70. The smallest absolute Gasteiger partial charge is 0.191 e. The normalized spacial score (nSPS) is 19.9. The summed E-state index contributed by atoms with van der Waals surface area (Å²) in [5, 5.41) is 6.99. The van der Waals surface area contributed by atoms with Crippen molar-refractivity contribution < 1.29 is 8.91 Å². The lowest BCUT2D eigenvalue weighted by Gasteiger charge is -2.33. The molecule has 0 bridgehead atoms. The number of hydrazine groups is 1. The molecule has 1 unspecified atom stereocenters. The highest BCUT2D eigenvalue weighted by atomic mass is 19.1. The van der Waals surface area contributed by atoms with Crippen LogP contribution in [0.25, 0.3) is 22.7 Å². The number of aliphatic imine (C=N–C) groups is 1. The lowest BCUT2D eigenvalue weighted by molar-refractivity contribution is 0.188. The minimum atomic E-state index is -0.177. The van der Waals surface area contributed by atoms with Gasteiger partial charge in [0.1, 0.15) is 11.7 Å². The van der Waals surface area contributed by atoms with Gasteiger partial charge in [-0.05, 0) is 43.2 Å². The first-order valence-electron chi connectivity index (χ1n) is 9.85. The van der Waals surface area contributed by atoms with Crippen LogP contribution in [0, 0.1) is 6.92 Å². The Hall–Kier alpha value is -3.52. The predicted molar refractivity (Wildman–Crippen MR) is 114 cm³/mol. The molecule has 1 atom stereocenters. The summed E-state index contributed by atoms with van der Waals surface area (Å²) in [5.41, 5.74) is 6.85. The zero-order valence-corrected chi connectivity index (χ0v) is 16.5. The van der Waals surface area contributed by atoms with Crippen molar-refractivity contribution in [2.75, 3.05) is 13.1 Å².